The fourth-order valence-corrected chi connectivity index (χ4v) is 1.52. The fourth-order valence-electron chi connectivity index (χ4n) is 1.52. The Labute approximate surface area is 101 Å². The minimum atomic E-state index is -0.295. The van der Waals surface area contributed by atoms with Crippen LogP contribution in [-0.4, -0.2) is 23.4 Å². The minimum Gasteiger partial charge on any atom is -0.396 e. The molecule has 0 spiro atoms. The third-order valence-corrected chi connectivity index (χ3v) is 2.24. The predicted octanol–water partition coefficient (Wildman–Crippen LogP) is 1.53. The first-order valence-corrected chi connectivity index (χ1v) is 5.61. The molecule has 0 aliphatic rings. The molecule has 4 nitrogen and oxygen atoms in total. The second-order valence-electron chi connectivity index (χ2n) is 3.95. The molecular formula is C13H17NO3. The van der Waals surface area contributed by atoms with Gasteiger partial charge < -0.3 is 10.4 Å². The molecule has 1 rings (SSSR count). The first-order valence-electron chi connectivity index (χ1n) is 5.61. The van der Waals surface area contributed by atoms with E-state index in [1.54, 1.807) is 6.07 Å². The Hall–Kier alpha value is -1.68. The number of hydrogen-bond donors (Lipinski definition) is 2. The summed E-state index contributed by atoms with van der Waals surface area (Å²) in [6.45, 7) is 1.54. The second kappa shape index (κ2) is 6.81. The zero-order chi connectivity index (χ0) is 12.7. The highest BCUT2D eigenvalue weighted by Crippen LogP contribution is 2.12. The summed E-state index contributed by atoms with van der Waals surface area (Å²) in [7, 11) is 0. The Kier molecular flexibility index (Phi) is 5.36. The maximum absolute atomic E-state index is 11.4. The number of anilines is 1. The van der Waals surface area contributed by atoms with Crippen molar-refractivity contribution < 1.29 is 14.7 Å². The van der Waals surface area contributed by atoms with Crippen molar-refractivity contribution in [3.05, 3.63) is 29.8 Å². The number of benzene rings is 1. The quantitative estimate of drug-likeness (QED) is 0.735. The van der Waals surface area contributed by atoms with E-state index in [-0.39, 0.29) is 24.7 Å². The number of ketones is 1. The number of Topliss-reactive ketones (excluding diaryl/α,β-unsaturated/α-hetero) is 1. The Morgan fingerprint density at radius 1 is 1.35 bits per heavy atom. The molecule has 0 saturated carbocycles. The highest BCUT2D eigenvalue weighted by Gasteiger charge is 2.05. The molecule has 0 heterocycles. The molecule has 92 valence electrons. The summed E-state index contributed by atoms with van der Waals surface area (Å²) in [6.07, 6.45) is 1.37. The van der Waals surface area contributed by atoms with Gasteiger partial charge in [-0.3, -0.25) is 9.59 Å². The van der Waals surface area contributed by atoms with Crippen LogP contribution in [0, 0.1) is 0 Å². The summed E-state index contributed by atoms with van der Waals surface area (Å²) in [5.74, 6) is -0.448. The van der Waals surface area contributed by atoms with Crippen LogP contribution in [0.15, 0.2) is 24.3 Å². The lowest BCUT2D eigenvalue weighted by Crippen LogP contribution is -2.14. The van der Waals surface area contributed by atoms with Crippen molar-refractivity contribution in [2.24, 2.45) is 0 Å². The van der Waals surface area contributed by atoms with Gasteiger partial charge in [0.2, 0.25) is 5.91 Å². The Balaban J connectivity index is 2.58. The number of rotatable bonds is 6. The molecule has 0 fully saturated rings. The number of aryl methyl sites for hydroxylation is 1. The van der Waals surface area contributed by atoms with E-state index >= 15 is 0 Å². The average Bonchev–Trinajstić information content (AvgIpc) is 2.25. The number of carbonyl (C=O) groups is 2. The van der Waals surface area contributed by atoms with E-state index in [0.717, 1.165) is 12.0 Å². The van der Waals surface area contributed by atoms with E-state index in [1.165, 1.54) is 6.92 Å². The molecule has 17 heavy (non-hydrogen) atoms. The van der Waals surface area contributed by atoms with Gasteiger partial charge in [-0.1, -0.05) is 12.1 Å². The van der Waals surface area contributed by atoms with E-state index in [9.17, 15) is 9.59 Å². The van der Waals surface area contributed by atoms with Crippen LogP contribution >= 0.6 is 0 Å². The zero-order valence-corrected chi connectivity index (χ0v) is 9.90. The number of aliphatic hydroxyl groups is 1. The first kappa shape index (κ1) is 13.4. The van der Waals surface area contributed by atoms with E-state index in [1.807, 2.05) is 18.2 Å². The van der Waals surface area contributed by atoms with E-state index in [2.05, 4.69) is 5.32 Å². The van der Waals surface area contributed by atoms with Crippen molar-refractivity contribution >= 4 is 17.4 Å². The molecular weight excluding hydrogens is 218 g/mol. The minimum absolute atomic E-state index is 0.0964. The lowest BCUT2D eigenvalue weighted by Gasteiger charge is -2.06. The lowest BCUT2D eigenvalue weighted by molar-refractivity contribution is -0.124. The fraction of sp³-hybridized carbons (Fsp3) is 0.385. The van der Waals surface area contributed by atoms with Gasteiger partial charge in [-0.05, 0) is 37.5 Å². The molecule has 1 amide bonds. The molecule has 0 aromatic heterocycles. The largest absolute Gasteiger partial charge is 0.396 e. The second-order valence-corrected chi connectivity index (χ2v) is 3.95. The van der Waals surface area contributed by atoms with Crippen LogP contribution in [0.3, 0.4) is 0 Å². The Morgan fingerprint density at radius 3 is 2.76 bits per heavy atom. The normalized spacial score (nSPS) is 10.0. The monoisotopic (exact) mass is 235 g/mol. The first-order chi connectivity index (χ1) is 8.11. The maximum atomic E-state index is 11.4. The van der Waals surface area contributed by atoms with Gasteiger partial charge in [0.25, 0.3) is 0 Å². The van der Waals surface area contributed by atoms with E-state index in [0.29, 0.717) is 12.1 Å². The topological polar surface area (TPSA) is 66.4 Å². The highest BCUT2D eigenvalue weighted by atomic mass is 16.2. The lowest BCUT2D eigenvalue weighted by atomic mass is 10.1. The molecule has 4 heteroatoms. The third-order valence-electron chi connectivity index (χ3n) is 2.24. The molecule has 0 saturated heterocycles. The van der Waals surface area contributed by atoms with Crippen molar-refractivity contribution in [1.82, 2.24) is 0 Å². The summed E-state index contributed by atoms with van der Waals surface area (Å²) in [6, 6.07) is 7.42. The van der Waals surface area contributed by atoms with Crippen molar-refractivity contribution in [3.63, 3.8) is 0 Å². The van der Waals surface area contributed by atoms with Crippen molar-refractivity contribution in [3.8, 4) is 0 Å². The standard InChI is InChI=1S/C13H17NO3/c1-10(16)8-13(17)14-12-6-2-4-11(9-12)5-3-7-15/h2,4,6,9,15H,3,5,7-8H2,1H3,(H,14,17). The van der Waals surface area contributed by atoms with Gasteiger partial charge in [-0.25, -0.2) is 0 Å². The van der Waals surface area contributed by atoms with Crippen molar-refractivity contribution in [2.45, 2.75) is 26.2 Å². The average molecular weight is 235 g/mol. The van der Waals surface area contributed by atoms with E-state index < -0.39 is 0 Å². The summed E-state index contributed by atoms with van der Waals surface area (Å²) >= 11 is 0. The molecule has 0 aliphatic heterocycles. The molecule has 2 N–H and O–H groups in total. The predicted molar refractivity (Wildman–Crippen MR) is 65.8 cm³/mol. The molecule has 1 aromatic carbocycles. The smallest absolute Gasteiger partial charge is 0.231 e. The van der Waals surface area contributed by atoms with Crippen LogP contribution in [0.1, 0.15) is 25.3 Å². The molecule has 0 unspecified atom stereocenters. The van der Waals surface area contributed by atoms with Crippen LogP contribution < -0.4 is 5.32 Å². The van der Waals surface area contributed by atoms with Crippen LogP contribution in [0.2, 0.25) is 0 Å². The number of hydrogen-bond acceptors (Lipinski definition) is 3. The van der Waals surface area contributed by atoms with Gasteiger partial charge in [0.05, 0.1) is 6.42 Å². The van der Waals surface area contributed by atoms with E-state index in [4.69, 9.17) is 5.11 Å². The van der Waals surface area contributed by atoms with Gasteiger partial charge >= 0.3 is 0 Å². The van der Waals surface area contributed by atoms with Gasteiger partial charge in [-0.15, -0.1) is 0 Å². The molecule has 0 atom stereocenters. The highest BCUT2D eigenvalue weighted by molar-refractivity contribution is 6.03. The van der Waals surface area contributed by atoms with Crippen LogP contribution in [-0.2, 0) is 16.0 Å². The molecule has 0 aliphatic carbocycles. The third kappa shape index (κ3) is 5.26. The summed E-state index contributed by atoms with van der Waals surface area (Å²) in [4.78, 5) is 22.1. The van der Waals surface area contributed by atoms with Crippen LogP contribution in [0.4, 0.5) is 5.69 Å². The number of amides is 1. The zero-order valence-electron chi connectivity index (χ0n) is 9.90. The van der Waals surface area contributed by atoms with Crippen molar-refractivity contribution in [1.29, 1.82) is 0 Å². The number of aliphatic hydroxyl groups excluding tert-OH is 1. The SMILES string of the molecule is CC(=O)CC(=O)Nc1cccc(CCCO)c1. The van der Waals surface area contributed by atoms with Crippen molar-refractivity contribution in [2.75, 3.05) is 11.9 Å². The van der Waals surface area contributed by atoms with Gasteiger partial charge in [-0.2, -0.15) is 0 Å². The maximum Gasteiger partial charge on any atom is 0.231 e. The number of nitrogens with one attached hydrogen (secondary N) is 1. The number of carbonyl (C=O) groups excluding carboxylic acids is 2. The molecule has 0 bridgehead atoms. The molecule has 0 radical (unpaired) electrons. The van der Waals surface area contributed by atoms with Gasteiger partial charge in [0.1, 0.15) is 5.78 Å². The van der Waals surface area contributed by atoms with Gasteiger partial charge in [0, 0.05) is 12.3 Å². The summed E-state index contributed by atoms with van der Waals surface area (Å²) in [5.41, 5.74) is 1.74. The Bertz CT molecular complexity index is 401. The Morgan fingerprint density at radius 2 is 2.12 bits per heavy atom. The van der Waals surface area contributed by atoms with Crippen LogP contribution in [0.5, 0.6) is 0 Å². The summed E-state index contributed by atoms with van der Waals surface area (Å²) < 4.78 is 0. The van der Waals surface area contributed by atoms with Crippen LogP contribution in [0.25, 0.3) is 0 Å². The summed E-state index contributed by atoms with van der Waals surface area (Å²) in [5, 5.41) is 11.4. The van der Waals surface area contributed by atoms with Gasteiger partial charge in [0.15, 0.2) is 0 Å². The molecule has 1 aromatic rings.